The van der Waals surface area contributed by atoms with Crippen LogP contribution >= 0.6 is 39.3 Å². The van der Waals surface area contributed by atoms with Crippen molar-refractivity contribution in [2.24, 2.45) is 0 Å². The van der Waals surface area contributed by atoms with Crippen molar-refractivity contribution in [3.63, 3.8) is 0 Å². The maximum absolute atomic E-state index is 10.8. The van der Waals surface area contributed by atoms with Crippen LogP contribution in [-0.2, 0) is 4.79 Å². The van der Waals surface area contributed by atoms with Crippen LogP contribution in [0.4, 0.5) is 0 Å². The molecule has 1 aromatic heterocycles. The number of thioether (sulfide) groups is 1. The number of carbonyl (C=O) groups is 1. The van der Waals surface area contributed by atoms with E-state index in [4.69, 9.17) is 16.7 Å². The molecule has 2 aromatic rings. The summed E-state index contributed by atoms with van der Waals surface area (Å²) in [7, 11) is 0. The quantitative estimate of drug-likeness (QED) is 0.790. The second-order valence-electron chi connectivity index (χ2n) is 4.71. The van der Waals surface area contributed by atoms with Crippen molar-refractivity contribution in [1.82, 2.24) is 14.8 Å². The van der Waals surface area contributed by atoms with Gasteiger partial charge in [-0.3, -0.25) is 9.36 Å². The third-order valence-corrected chi connectivity index (χ3v) is 5.39. The minimum absolute atomic E-state index is 0.0546. The number of hydrogen-bond donors (Lipinski definition) is 1. The molecule has 1 fully saturated rings. The normalized spacial score (nSPS) is 14.4. The van der Waals surface area contributed by atoms with E-state index >= 15 is 0 Å². The molecule has 110 valence electrons. The summed E-state index contributed by atoms with van der Waals surface area (Å²) in [5.41, 5.74) is 0.835. The van der Waals surface area contributed by atoms with Gasteiger partial charge >= 0.3 is 5.97 Å². The van der Waals surface area contributed by atoms with E-state index in [1.54, 1.807) is 6.07 Å². The molecule has 21 heavy (non-hydrogen) atoms. The van der Waals surface area contributed by atoms with E-state index in [1.807, 2.05) is 16.7 Å². The Labute approximate surface area is 138 Å². The van der Waals surface area contributed by atoms with Gasteiger partial charge in [0, 0.05) is 5.92 Å². The maximum atomic E-state index is 10.8. The summed E-state index contributed by atoms with van der Waals surface area (Å²) in [5.74, 6) is 0.321. The molecule has 1 aromatic carbocycles. The molecule has 0 unspecified atom stereocenters. The summed E-state index contributed by atoms with van der Waals surface area (Å²) < 4.78 is 2.66. The molecule has 5 nitrogen and oxygen atoms in total. The Morgan fingerprint density at radius 3 is 2.90 bits per heavy atom. The second kappa shape index (κ2) is 5.98. The highest BCUT2D eigenvalue weighted by Gasteiger charge is 2.31. The van der Waals surface area contributed by atoms with Gasteiger partial charge in [0.15, 0.2) is 5.16 Å². The number of halogens is 2. The third-order valence-electron chi connectivity index (χ3n) is 3.10. The molecule has 1 heterocycles. The van der Waals surface area contributed by atoms with Crippen LogP contribution in [0.15, 0.2) is 27.8 Å². The molecule has 0 spiro atoms. The van der Waals surface area contributed by atoms with E-state index in [1.165, 1.54) is 0 Å². The van der Waals surface area contributed by atoms with Crippen LogP contribution in [0.25, 0.3) is 5.69 Å². The molecule has 1 saturated carbocycles. The Morgan fingerprint density at radius 1 is 1.48 bits per heavy atom. The molecule has 1 aliphatic carbocycles. The van der Waals surface area contributed by atoms with Crippen molar-refractivity contribution >= 4 is 45.3 Å². The van der Waals surface area contributed by atoms with E-state index in [0.717, 1.165) is 40.6 Å². The van der Waals surface area contributed by atoms with E-state index in [-0.39, 0.29) is 5.75 Å². The fraction of sp³-hybridized carbons (Fsp3) is 0.308. The Kier molecular flexibility index (Phi) is 4.24. The predicted octanol–water partition coefficient (Wildman–Crippen LogP) is 3.74. The summed E-state index contributed by atoms with van der Waals surface area (Å²) in [6, 6.07) is 5.56. The lowest BCUT2D eigenvalue weighted by Gasteiger charge is -2.12. The van der Waals surface area contributed by atoms with Crippen LogP contribution in [0.2, 0.25) is 5.02 Å². The van der Waals surface area contributed by atoms with Crippen LogP contribution in [-0.4, -0.2) is 31.6 Å². The van der Waals surface area contributed by atoms with E-state index in [9.17, 15) is 4.79 Å². The van der Waals surface area contributed by atoms with Gasteiger partial charge < -0.3 is 5.11 Å². The topological polar surface area (TPSA) is 68.0 Å². The van der Waals surface area contributed by atoms with Crippen LogP contribution in [0.5, 0.6) is 0 Å². The third kappa shape index (κ3) is 3.09. The molecule has 0 saturated heterocycles. The van der Waals surface area contributed by atoms with Gasteiger partial charge in [0.25, 0.3) is 0 Å². The van der Waals surface area contributed by atoms with Crippen molar-refractivity contribution in [3.8, 4) is 5.69 Å². The molecule has 0 aliphatic heterocycles. The summed E-state index contributed by atoms with van der Waals surface area (Å²) in [5, 5.41) is 18.4. The highest BCUT2D eigenvalue weighted by atomic mass is 79.9. The van der Waals surface area contributed by atoms with E-state index < -0.39 is 5.97 Å². The number of aliphatic carboxylic acids is 1. The zero-order valence-corrected chi connectivity index (χ0v) is 14.0. The van der Waals surface area contributed by atoms with Gasteiger partial charge in [-0.1, -0.05) is 29.4 Å². The zero-order chi connectivity index (χ0) is 15.0. The van der Waals surface area contributed by atoms with Gasteiger partial charge in [-0.15, -0.1) is 10.2 Å². The number of benzene rings is 1. The average molecular weight is 389 g/mol. The molecule has 3 rings (SSSR count). The molecular weight excluding hydrogens is 378 g/mol. The zero-order valence-electron chi connectivity index (χ0n) is 10.8. The minimum atomic E-state index is -0.882. The lowest BCUT2D eigenvalue weighted by atomic mass is 10.3. The smallest absolute Gasteiger partial charge is 0.313 e. The SMILES string of the molecule is O=C(O)CSc1nnc(C2CC2)n1-c1cccc(Cl)c1Br. The van der Waals surface area contributed by atoms with Crippen molar-refractivity contribution < 1.29 is 9.90 Å². The molecule has 0 amide bonds. The molecule has 1 aliphatic rings. The van der Waals surface area contributed by atoms with Crippen LogP contribution < -0.4 is 0 Å². The average Bonchev–Trinajstić information content (AvgIpc) is 3.20. The lowest BCUT2D eigenvalue weighted by molar-refractivity contribution is -0.133. The molecule has 0 atom stereocenters. The number of carboxylic acids is 1. The maximum Gasteiger partial charge on any atom is 0.313 e. The number of carboxylic acid groups (broad SMARTS) is 1. The first kappa shape index (κ1) is 14.9. The molecule has 0 radical (unpaired) electrons. The highest BCUT2D eigenvalue weighted by Crippen LogP contribution is 2.42. The number of rotatable bonds is 5. The van der Waals surface area contributed by atoms with Gasteiger partial charge in [-0.05, 0) is 40.9 Å². The van der Waals surface area contributed by atoms with E-state index in [2.05, 4.69) is 26.1 Å². The Hall–Kier alpha value is -1.05. The van der Waals surface area contributed by atoms with E-state index in [0.29, 0.717) is 16.1 Å². The standard InChI is InChI=1S/C13H11BrClN3O2S/c14-11-8(15)2-1-3-9(11)18-12(7-4-5-7)16-17-13(18)21-6-10(19)20/h1-3,7H,4-6H2,(H,19,20). The van der Waals surface area contributed by atoms with Crippen molar-refractivity contribution in [2.45, 2.75) is 23.9 Å². The minimum Gasteiger partial charge on any atom is -0.481 e. The monoisotopic (exact) mass is 387 g/mol. The fourth-order valence-corrected chi connectivity index (χ4v) is 3.28. The number of nitrogens with zero attached hydrogens (tertiary/aromatic N) is 3. The summed E-state index contributed by atoms with van der Waals surface area (Å²) >= 11 is 10.8. The van der Waals surface area contributed by atoms with Gasteiger partial charge in [0.05, 0.1) is 20.9 Å². The van der Waals surface area contributed by atoms with Crippen molar-refractivity contribution in [1.29, 1.82) is 0 Å². The molecule has 1 N–H and O–H groups in total. The largest absolute Gasteiger partial charge is 0.481 e. The Morgan fingerprint density at radius 2 is 2.24 bits per heavy atom. The van der Waals surface area contributed by atoms with Gasteiger partial charge in [0.2, 0.25) is 0 Å². The van der Waals surface area contributed by atoms with Gasteiger partial charge in [0.1, 0.15) is 5.82 Å². The van der Waals surface area contributed by atoms with Gasteiger partial charge in [-0.25, -0.2) is 0 Å². The van der Waals surface area contributed by atoms with Crippen LogP contribution in [0.3, 0.4) is 0 Å². The predicted molar refractivity (Wildman–Crippen MR) is 84.4 cm³/mol. The van der Waals surface area contributed by atoms with Crippen LogP contribution in [0.1, 0.15) is 24.6 Å². The molecular formula is C13H11BrClN3O2S. The highest BCUT2D eigenvalue weighted by molar-refractivity contribution is 9.10. The van der Waals surface area contributed by atoms with Gasteiger partial charge in [-0.2, -0.15) is 0 Å². The Balaban J connectivity index is 2.07. The summed E-state index contributed by atoms with van der Waals surface area (Å²) in [6.45, 7) is 0. The second-order valence-corrected chi connectivity index (χ2v) is 6.85. The van der Waals surface area contributed by atoms with Crippen molar-refractivity contribution in [3.05, 3.63) is 33.5 Å². The number of aromatic nitrogens is 3. The Bertz CT molecular complexity index is 703. The van der Waals surface area contributed by atoms with Crippen molar-refractivity contribution in [2.75, 3.05) is 5.75 Å². The van der Waals surface area contributed by atoms with Crippen LogP contribution in [0, 0.1) is 0 Å². The fourth-order valence-electron chi connectivity index (χ4n) is 2.00. The summed E-state index contributed by atoms with van der Waals surface area (Å²) in [4.78, 5) is 10.8. The molecule has 8 heteroatoms. The first-order chi connectivity index (χ1) is 10.1. The number of hydrogen-bond acceptors (Lipinski definition) is 4. The molecule has 0 bridgehead atoms. The first-order valence-electron chi connectivity index (χ1n) is 6.32. The first-order valence-corrected chi connectivity index (χ1v) is 8.48. The lowest BCUT2D eigenvalue weighted by Crippen LogP contribution is -2.05. The summed E-state index contributed by atoms with van der Waals surface area (Å²) in [6.07, 6.45) is 2.17.